The van der Waals surface area contributed by atoms with Gasteiger partial charge in [0.25, 0.3) is 0 Å². The first-order chi connectivity index (χ1) is 10.8. The van der Waals surface area contributed by atoms with Crippen LogP contribution in [0, 0.1) is 5.92 Å². The largest absolute Gasteiger partial charge is 0.381 e. The van der Waals surface area contributed by atoms with Crippen LogP contribution in [0.15, 0.2) is 5.38 Å². The zero-order valence-electron chi connectivity index (χ0n) is 12.6. The Morgan fingerprint density at radius 1 is 1.32 bits per heavy atom. The van der Waals surface area contributed by atoms with Crippen molar-refractivity contribution in [2.24, 2.45) is 5.92 Å². The molecule has 1 N–H and O–H groups in total. The Labute approximate surface area is 134 Å². The van der Waals surface area contributed by atoms with E-state index in [0.717, 1.165) is 49.7 Å². The zero-order valence-corrected chi connectivity index (χ0v) is 13.4. The van der Waals surface area contributed by atoms with Gasteiger partial charge in [-0.25, -0.2) is 4.98 Å². The first kappa shape index (κ1) is 14.6. The molecule has 1 aromatic rings. The lowest BCUT2D eigenvalue weighted by Crippen LogP contribution is -2.23. The van der Waals surface area contributed by atoms with Gasteiger partial charge in [-0.1, -0.05) is 0 Å². The SMILES string of the molecule is O=C(CC1CC2CCC1O2)Nc1nc(C2CCOCC2)cs1. The fraction of sp³-hybridized carbons (Fsp3) is 0.750. The zero-order chi connectivity index (χ0) is 14.9. The summed E-state index contributed by atoms with van der Waals surface area (Å²) in [7, 11) is 0. The van der Waals surface area contributed by atoms with Crippen molar-refractivity contribution in [2.45, 2.75) is 56.7 Å². The second kappa shape index (κ2) is 6.26. The van der Waals surface area contributed by atoms with Crippen LogP contribution in [0.2, 0.25) is 0 Å². The molecule has 3 aliphatic heterocycles. The maximum absolute atomic E-state index is 12.2. The van der Waals surface area contributed by atoms with Crippen molar-refractivity contribution < 1.29 is 14.3 Å². The van der Waals surface area contributed by atoms with E-state index in [1.807, 2.05) is 0 Å². The van der Waals surface area contributed by atoms with E-state index >= 15 is 0 Å². The second-order valence-electron chi connectivity index (χ2n) is 6.59. The van der Waals surface area contributed by atoms with Crippen molar-refractivity contribution in [2.75, 3.05) is 18.5 Å². The molecule has 6 heteroatoms. The van der Waals surface area contributed by atoms with Gasteiger partial charge in [0, 0.05) is 30.9 Å². The van der Waals surface area contributed by atoms with E-state index in [4.69, 9.17) is 9.47 Å². The van der Waals surface area contributed by atoms with Crippen molar-refractivity contribution in [1.82, 2.24) is 4.98 Å². The molecule has 3 aliphatic rings. The molecule has 0 aromatic carbocycles. The number of fused-ring (bicyclic) bond motifs is 2. The number of carbonyl (C=O) groups excluding carboxylic acids is 1. The number of amides is 1. The summed E-state index contributed by atoms with van der Waals surface area (Å²) in [5.41, 5.74) is 1.10. The van der Waals surface area contributed by atoms with Gasteiger partial charge in [-0.05, 0) is 38.0 Å². The minimum absolute atomic E-state index is 0.0778. The van der Waals surface area contributed by atoms with Crippen LogP contribution >= 0.6 is 11.3 Å². The predicted molar refractivity (Wildman–Crippen MR) is 84.2 cm³/mol. The standard InChI is InChI=1S/C16H22N2O3S/c19-15(8-11-7-12-1-2-14(11)21-12)18-16-17-13(9-22-16)10-3-5-20-6-4-10/h9-12,14H,1-8H2,(H,17,18,19). The molecule has 120 valence electrons. The topological polar surface area (TPSA) is 60.5 Å². The highest BCUT2D eigenvalue weighted by molar-refractivity contribution is 7.13. The molecule has 1 aromatic heterocycles. The summed E-state index contributed by atoms with van der Waals surface area (Å²) in [5, 5.41) is 5.78. The van der Waals surface area contributed by atoms with Gasteiger partial charge in [0.05, 0.1) is 17.9 Å². The van der Waals surface area contributed by atoms with Crippen LogP contribution in [0.1, 0.15) is 50.1 Å². The second-order valence-corrected chi connectivity index (χ2v) is 7.44. The Kier molecular flexibility index (Phi) is 4.15. The number of nitrogens with zero attached hydrogens (tertiary/aromatic N) is 1. The first-order valence-electron chi connectivity index (χ1n) is 8.26. The van der Waals surface area contributed by atoms with Crippen molar-refractivity contribution in [3.63, 3.8) is 0 Å². The third kappa shape index (κ3) is 3.05. The summed E-state index contributed by atoms with van der Waals surface area (Å²) < 4.78 is 11.2. The van der Waals surface area contributed by atoms with E-state index in [1.165, 1.54) is 17.8 Å². The van der Waals surface area contributed by atoms with Gasteiger partial charge in [-0.15, -0.1) is 11.3 Å². The van der Waals surface area contributed by atoms with Crippen molar-refractivity contribution in [1.29, 1.82) is 0 Å². The fourth-order valence-electron chi connectivity index (χ4n) is 3.89. The molecule has 0 saturated carbocycles. The number of rotatable bonds is 4. The van der Waals surface area contributed by atoms with Gasteiger partial charge in [-0.2, -0.15) is 0 Å². The van der Waals surface area contributed by atoms with Crippen LogP contribution in [0.3, 0.4) is 0 Å². The molecule has 0 aliphatic carbocycles. The van der Waals surface area contributed by atoms with E-state index in [2.05, 4.69) is 15.7 Å². The normalized spacial score (nSPS) is 31.5. The van der Waals surface area contributed by atoms with Crippen LogP contribution in [-0.2, 0) is 14.3 Å². The molecular formula is C16H22N2O3S. The molecule has 0 radical (unpaired) electrons. The monoisotopic (exact) mass is 322 g/mol. The maximum atomic E-state index is 12.2. The first-order valence-corrected chi connectivity index (χ1v) is 9.14. The van der Waals surface area contributed by atoms with Crippen molar-refractivity contribution in [3.8, 4) is 0 Å². The maximum Gasteiger partial charge on any atom is 0.226 e. The van der Waals surface area contributed by atoms with Gasteiger partial charge in [-0.3, -0.25) is 4.79 Å². The fourth-order valence-corrected chi connectivity index (χ4v) is 4.70. The number of hydrogen-bond acceptors (Lipinski definition) is 5. The predicted octanol–water partition coefficient (Wildman–Crippen LogP) is 2.93. The van der Waals surface area contributed by atoms with Crippen molar-refractivity contribution in [3.05, 3.63) is 11.1 Å². The minimum Gasteiger partial charge on any atom is -0.381 e. The van der Waals surface area contributed by atoms with Crippen LogP contribution < -0.4 is 5.32 Å². The average molecular weight is 322 g/mol. The van der Waals surface area contributed by atoms with E-state index in [1.54, 1.807) is 0 Å². The summed E-state index contributed by atoms with van der Waals surface area (Å²) in [6.45, 7) is 1.63. The summed E-state index contributed by atoms with van der Waals surface area (Å²) in [5.74, 6) is 0.956. The summed E-state index contributed by atoms with van der Waals surface area (Å²) in [6.07, 6.45) is 6.67. The van der Waals surface area contributed by atoms with Gasteiger partial charge in [0.2, 0.25) is 5.91 Å². The number of thiazole rings is 1. The average Bonchev–Trinajstić information content (AvgIpc) is 3.24. The Morgan fingerprint density at radius 3 is 2.91 bits per heavy atom. The number of carbonyl (C=O) groups is 1. The molecule has 3 fully saturated rings. The quantitative estimate of drug-likeness (QED) is 0.926. The molecule has 0 spiro atoms. The van der Waals surface area contributed by atoms with Crippen LogP contribution in [0.5, 0.6) is 0 Å². The number of nitrogens with one attached hydrogen (secondary N) is 1. The molecule has 5 nitrogen and oxygen atoms in total. The molecular weight excluding hydrogens is 300 g/mol. The van der Waals surface area contributed by atoms with Gasteiger partial charge in [0.15, 0.2) is 5.13 Å². The Balaban J connectivity index is 1.31. The lowest BCUT2D eigenvalue weighted by atomic mass is 9.87. The molecule has 2 bridgehead atoms. The van der Waals surface area contributed by atoms with Crippen LogP contribution in [-0.4, -0.2) is 36.3 Å². The highest BCUT2D eigenvalue weighted by Gasteiger charge is 2.41. The molecule has 22 heavy (non-hydrogen) atoms. The number of anilines is 1. The number of hydrogen-bond donors (Lipinski definition) is 1. The lowest BCUT2D eigenvalue weighted by Gasteiger charge is -2.20. The summed E-state index contributed by atoms with van der Waals surface area (Å²) >= 11 is 1.53. The van der Waals surface area contributed by atoms with Gasteiger partial charge in [0.1, 0.15) is 0 Å². The molecule has 4 heterocycles. The smallest absolute Gasteiger partial charge is 0.226 e. The highest BCUT2D eigenvalue weighted by Crippen LogP contribution is 2.40. The lowest BCUT2D eigenvalue weighted by molar-refractivity contribution is -0.117. The third-order valence-corrected chi connectivity index (χ3v) is 5.86. The summed E-state index contributed by atoms with van der Waals surface area (Å²) in [4.78, 5) is 16.8. The molecule has 4 rings (SSSR count). The van der Waals surface area contributed by atoms with Crippen LogP contribution in [0.25, 0.3) is 0 Å². The van der Waals surface area contributed by atoms with Crippen molar-refractivity contribution >= 4 is 22.4 Å². The molecule has 3 unspecified atom stereocenters. The van der Waals surface area contributed by atoms with E-state index in [0.29, 0.717) is 30.5 Å². The highest BCUT2D eigenvalue weighted by atomic mass is 32.1. The Hall–Kier alpha value is -0.980. The van der Waals surface area contributed by atoms with E-state index in [9.17, 15) is 4.79 Å². The van der Waals surface area contributed by atoms with E-state index < -0.39 is 0 Å². The Morgan fingerprint density at radius 2 is 2.18 bits per heavy atom. The molecule has 1 amide bonds. The number of aromatic nitrogens is 1. The van der Waals surface area contributed by atoms with Gasteiger partial charge >= 0.3 is 0 Å². The van der Waals surface area contributed by atoms with Crippen LogP contribution in [0.4, 0.5) is 5.13 Å². The number of ether oxygens (including phenoxy) is 2. The molecule has 3 saturated heterocycles. The minimum atomic E-state index is 0.0778. The van der Waals surface area contributed by atoms with Gasteiger partial charge < -0.3 is 14.8 Å². The molecule has 3 atom stereocenters. The van der Waals surface area contributed by atoms with E-state index in [-0.39, 0.29) is 5.91 Å². The Bertz CT molecular complexity index is 541. The summed E-state index contributed by atoms with van der Waals surface area (Å²) in [6, 6.07) is 0. The third-order valence-electron chi connectivity index (χ3n) is 5.09.